The van der Waals surface area contributed by atoms with E-state index in [9.17, 15) is 4.79 Å². The third-order valence-electron chi connectivity index (χ3n) is 1.97. The van der Waals surface area contributed by atoms with Gasteiger partial charge >= 0.3 is 0 Å². The Morgan fingerprint density at radius 3 is 2.25 bits per heavy atom. The minimum Gasteiger partial charge on any atom is -0.660 e. The largest absolute Gasteiger partial charge is 0.660 e. The second kappa shape index (κ2) is 12.0. The van der Waals surface area contributed by atoms with Gasteiger partial charge in [-0.1, -0.05) is 13.8 Å². The molecule has 1 radical (unpaired) electrons. The maximum Gasteiger partial charge on any atom is 0.234 e. The molecule has 1 aliphatic heterocycles. The summed E-state index contributed by atoms with van der Waals surface area (Å²) in [6.07, 6.45) is 0. The quantitative estimate of drug-likeness (QED) is 0.852. The van der Waals surface area contributed by atoms with Crippen molar-refractivity contribution in [3.63, 3.8) is 0 Å². The van der Waals surface area contributed by atoms with Gasteiger partial charge in [-0.2, -0.15) is 0 Å². The molecule has 1 rings (SSSR count). The van der Waals surface area contributed by atoms with Gasteiger partial charge < -0.3 is 10.6 Å². The third kappa shape index (κ3) is 9.70. The van der Waals surface area contributed by atoms with Crippen LogP contribution < -0.4 is 5.32 Å². The molecule has 0 aromatic rings. The summed E-state index contributed by atoms with van der Waals surface area (Å²) >= 11 is 0. The third-order valence-corrected chi connectivity index (χ3v) is 1.97. The average molecular weight is 303 g/mol. The van der Waals surface area contributed by atoms with Gasteiger partial charge in [-0.05, 0) is 26.9 Å². The monoisotopic (exact) mass is 303 g/mol. The summed E-state index contributed by atoms with van der Waals surface area (Å²) in [5.74, 6) is 0.122. The van der Waals surface area contributed by atoms with Crippen LogP contribution in [0.4, 0.5) is 0 Å². The number of rotatable bonds is 3. The molecule has 1 amide bonds. The molecule has 1 saturated heterocycles. The van der Waals surface area contributed by atoms with E-state index in [1.54, 1.807) is 0 Å². The molecule has 4 nitrogen and oxygen atoms in total. The van der Waals surface area contributed by atoms with Crippen molar-refractivity contribution in [3.05, 3.63) is 5.32 Å². The van der Waals surface area contributed by atoms with Crippen LogP contribution in [0, 0.1) is 0 Å². The Morgan fingerprint density at radius 1 is 1.31 bits per heavy atom. The molecule has 0 aromatic heterocycles. The Labute approximate surface area is 125 Å². The zero-order valence-corrected chi connectivity index (χ0v) is 13.8. The van der Waals surface area contributed by atoms with E-state index in [4.69, 9.17) is 0 Å². The van der Waals surface area contributed by atoms with Gasteiger partial charge in [0.15, 0.2) is 0 Å². The Kier molecular flexibility index (Phi) is 14.1. The molecule has 93 valence electrons. The molecule has 1 fully saturated rings. The van der Waals surface area contributed by atoms with E-state index >= 15 is 0 Å². The normalized spacial score (nSPS) is 15.8. The Balaban J connectivity index is 0. The van der Waals surface area contributed by atoms with Gasteiger partial charge in [0, 0.05) is 38.8 Å². The molecule has 0 aliphatic carbocycles. The number of piperazine rings is 1. The zero-order valence-electron chi connectivity index (χ0n) is 11.0. The van der Waals surface area contributed by atoms with E-state index < -0.39 is 0 Å². The van der Waals surface area contributed by atoms with Crippen molar-refractivity contribution < 1.29 is 37.5 Å². The van der Waals surface area contributed by atoms with Crippen LogP contribution in [0.25, 0.3) is 5.32 Å². The van der Waals surface area contributed by atoms with E-state index in [-0.39, 0.29) is 44.7 Å². The Morgan fingerprint density at radius 2 is 1.81 bits per heavy atom. The molecule has 0 unspecified atom stereocenters. The van der Waals surface area contributed by atoms with Gasteiger partial charge in [-0.15, -0.1) is 13.1 Å². The summed E-state index contributed by atoms with van der Waals surface area (Å²) in [5, 5.41) is 7.10. The zero-order chi connectivity index (χ0) is 11.7. The van der Waals surface area contributed by atoms with E-state index in [2.05, 4.69) is 15.5 Å². The molecule has 0 spiro atoms. The Hall–Kier alpha value is 0.494. The van der Waals surface area contributed by atoms with Gasteiger partial charge in [0.05, 0.1) is 6.54 Å². The van der Waals surface area contributed by atoms with Crippen molar-refractivity contribution in [1.29, 1.82) is 0 Å². The fourth-order valence-corrected chi connectivity index (χ4v) is 1.38. The van der Waals surface area contributed by atoms with Crippen molar-refractivity contribution >= 4 is 5.91 Å². The number of carbonyl (C=O) groups is 1. The summed E-state index contributed by atoms with van der Waals surface area (Å²) < 4.78 is 0. The summed E-state index contributed by atoms with van der Waals surface area (Å²) in [6, 6.07) is 0.238. The van der Waals surface area contributed by atoms with Crippen LogP contribution in [-0.4, -0.2) is 49.6 Å². The number of hydrogen-bond donors (Lipinski definition) is 1. The summed E-state index contributed by atoms with van der Waals surface area (Å²) in [7, 11) is 0. The minimum absolute atomic E-state index is 0. The molecule has 1 N–H and O–H groups in total. The predicted molar refractivity (Wildman–Crippen MR) is 64.2 cm³/mol. The first-order valence-electron chi connectivity index (χ1n) is 5.83. The first kappa shape index (κ1) is 18.8. The van der Waals surface area contributed by atoms with E-state index in [0.29, 0.717) is 6.54 Å². The van der Waals surface area contributed by atoms with Crippen LogP contribution >= 0.6 is 0 Å². The molecule has 5 heteroatoms. The van der Waals surface area contributed by atoms with Gasteiger partial charge in [0.25, 0.3) is 0 Å². The van der Waals surface area contributed by atoms with Crippen LogP contribution in [0.1, 0.15) is 27.7 Å². The summed E-state index contributed by atoms with van der Waals surface area (Å²) in [5.41, 5.74) is 0. The van der Waals surface area contributed by atoms with Crippen molar-refractivity contribution in [2.45, 2.75) is 33.7 Å². The predicted octanol–water partition coefficient (Wildman–Crippen LogP) is 1.22. The van der Waals surface area contributed by atoms with Crippen molar-refractivity contribution in [2.75, 3.05) is 32.7 Å². The van der Waals surface area contributed by atoms with Crippen LogP contribution in [0.15, 0.2) is 0 Å². The summed E-state index contributed by atoms with van der Waals surface area (Å²) in [4.78, 5) is 13.5. The van der Waals surface area contributed by atoms with Gasteiger partial charge in [0.1, 0.15) is 0 Å². The van der Waals surface area contributed by atoms with E-state index in [0.717, 1.165) is 26.2 Å². The Bertz CT molecular complexity index is 171. The summed E-state index contributed by atoms with van der Waals surface area (Å²) in [6.45, 7) is 12.1. The molecule has 0 aromatic carbocycles. The number of carbonyl (C=O) groups excluding carboxylic acids is 1. The maximum absolute atomic E-state index is 11.3. The van der Waals surface area contributed by atoms with E-state index in [1.165, 1.54) is 0 Å². The molecule has 0 atom stereocenters. The van der Waals surface area contributed by atoms with Crippen molar-refractivity contribution in [3.8, 4) is 0 Å². The van der Waals surface area contributed by atoms with Crippen LogP contribution in [0.5, 0.6) is 0 Å². The fraction of sp³-hybridized carbons (Fsp3) is 0.909. The molecule has 1 heterocycles. The maximum atomic E-state index is 11.3. The molecular formula is C11H24N3OY-. The fourth-order valence-electron chi connectivity index (χ4n) is 1.38. The van der Waals surface area contributed by atoms with Gasteiger partial charge in [-0.3, -0.25) is 9.69 Å². The minimum atomic E-state index is 0. The second-order valence-corrected chi connectivity index (χ2v) is 3.67. The topological polar surface area (TPSA) is 46.4 Å². The van der Waals surface area contributed by atoms with E-state index in [1.807, 2.05) is 27.7 Å². The smallest absolute Gasteiger partial charge is 0.234 e. The molecular weight excluding hydrogens is 279 g/mol. The van der Waals surface area contributed by atoms with Crippen LogP contribution in [0.2, 0.25) is 0 Å². The van der Waals surface area contributed by atoms with Crippen LogP contribution in [0.3, 0.4) is 0 Å². The number of nitrogens with zero attached hydrogens (tertiary/aromatic N) is 2. The standard InChI is InChI=1S/C9H18N3O.C2H6.Y/c1-8(2)11-9(13)7-12-5-3-10-4-6-12;1-2;/h8H,3-7H2,1-2H3,(H,11,13);1-2H3;/q-1;;. The number of amides is 1. The number of nitrogens with one attached hydrogen (secondary N) is 1. The molecule has 0 bridgehead atoms. The molecule has 0 saturated carbocycles. The second-order valence-electron chi connectivity index (χ2n) is 3.67. The van der Waals surface area contributed by atoms with Crippen LogP contribution in [-0.2, 0) is 37.5 Å². The molecule has 16 heavy (non-hydrogen) atoms. The van der Waals surface area contributed by atoms with Crippen molar-refractivity contribution in [2.24, 2.45) is 0 Å². The first-order chi connectivity index (χ1) is 7.18. The molecule has 1 aliphatic rings. The SMILES string of the molecule is CC.CC(C)NC(=O)CN1CC[N-]CC1.[Y]. The van der Waals surface area contributed by atoms with Gasteiger partial charge in [0.2, 0.25) is 5.91 Å². The van der Waals surface area contributed by atoms with Gasteiger partial charge in [-0.25, -0.2) is 0 Å². The number of hydrogen-bond acceptors (Lipinski definition) is 2. The van der Waals surface area contributed by atoms with Crippen molar-refractivity contribution in [1.82, 2.24) is 10.2 Å². The average Bonchev–Trinajstić information content (AvgIpc) is 2.21. The first-order valence-corrected chi connectivity index (χ1v) is 5.83.